The molecule has 1 saturated carbocycles. The highest BCUT2D eigenvalue weighted by Crippen LogP contribution is 2.32. The van der Waals surface area contributed by atoms with E-state index in [4.69, 9.17) is 20.4 Å². The highest BCUT2D eigenvalue weighted by molar-refractivity contribution is 6.17. The molecule has 1 aliphatic carbocycles. The van der Waals surface area contributed by atoms with Crippen molar-refractivity contribution in [3.8, 4) is 22.5 Å². The normalized spacial score (nSPS) is 16.4. The van der Waals surface area contributed by atoms with E-state index in [0.29, 0.717) is 36.5 Å². The zero-order valence-electron chi connectivity index (χ0n) is 29.3. The third-order valence-corrected chi connectivity index (χ3v) is 8.28. The molecule has 5 N–H and O–H groups in total. The number of rotatable bonds is 9. The van der Waals surface area contributed by atoms with Crippen LogP contribution in [0.25, 0.3) is 22.5 Å². The number of carboxylic acid groups (broad SMARTS) is 1. The SMILES string of the molecule is CC(C)(C)OC(=O)NC[C@H]1CC[C@H](C(=O)N(C(=O)[C@@H](N)Cc2ccc(-c3ccncc3)cc2)c2ccc(-c3nn[nH]n3)cc2)CC1.O=C(O)C(F)(F)F. The van der Waals surface area contributed by atoms with Crippen LogP contribution in [-0.2, 0) is 25.5 Å². The van der Waals surface area contributed by atoms with Gasteiger partial charge in [-0.05, 0) is 117 Å². The Balaban J connectivity index is 0.000000815. The average Bonchev–Trinajstić information content (AvgIpc) is 3.66. The number of alkyl carbamates (subject to hydrolysis) is 1. The van der Waals surface area contributed by atoms with Crippen LogP contribution in [0.4, 0.5) is 23.7 Å². The first-order valence-electron chi connectivity index (χ1n) is 16.8. The van der Waals surface area contributed by atoms with Gasteiger partial charge in [0.25, 0.3) is 5.91 Å². The van der Waals surface area contributed by atoms with Crippen LogP contribution in [0.15, 0.2) is 73.1 Å². The van der Waals surface area contributed by atoms with E-state index < -0.39 is 35.8 Å². The van der Waals surface area contributed by atoms with Crippen molar-refractivity contribution in [3.63, 3.8) is 0 Å². The summed E-state index contributed by atoms with van der Waals surface area (Å²) >= 11 is 0. The number of carbonyl (C=O) groups is 4. The van der Waals surface area contributed by atoms with Crippen molar-refractivity contribution in [2.75, 3.05) is 11.4 Å². The molecule has 0 aliphatic heterocycles. The van der Waals surface area contributed by atoms with Gasteiger partial charge in [0.05, 0.1) is 11.7 Å². The number of hydrogen-bond donors (Lipinski definition) is 4. The molecule has 4 aromatic rings. The third kappa shape index (κ3) is 11.9. The number of nitrogens with one attached hydrogen (secondary N) is 2. The van der Waals surface area contributed by atoms with Crippen LogP contribution in [0.1, 0.15) is 52.0 Å². The van der Waals surface area contributed by atoms with Crippen molar-refractivity contribution in [2.45, 2.75) is 70.7 Å². The second-order valence-electron chi connectivity index (χ2n) is 13.4. The zero-order valence-corrected chi connectivity index (χ0v) is 29.3. The molecule has 0 radical (unpaired) electrons. The van der Waals surface area contributed by atoms with E-state index in [0.717, 1.165) is 29.5 Å². The summed E-state index contributed by atoms with van der Waals surface area (Å²) in [6.07, 6.45) is 0.876. The van der Waals surface area contributed by atoms with Gasteiger partial charge in [-0.1, -0.05) is 24.3 Å². The van der Waals surface area contributed by atoms with Crippen LogP contribution in [0.3, 0.4) is 0 Å². The summed E-state index contributed by atoms with van der Waals surface area (Å²) in [6.45, 7) is 5.93. The molecule has 14 nitrogen and oxygen atoms in total. The Morgan fingerprint density at radius 3 is 2.02 bits per heavy atom. The van der Waals surface area contributed by atoms with Crippen LogP contribution >= 0.6 is 0 Å². The van der Waals surface area contributed by atoms with Crippen molar-refractivity contribution >= 4 is 29.6 Å². The Morgan fingerprint density at radius 2 is 1.49 bits per heavy atom. The van der Waals surface area contributed by atoms with Gasteiger partial charge in [0.15, 0.2) is 0 Å². The van der Waals surface area contributed by atoms with Crippen molar-refractivity contribution in [3.05, 3.63) is 78.6 Å². The number of carboxylic acids is 1. The Kier molecular flexibility index (Phi) is 13.4. The number of ether oxygens (including phenoxy) is 1. The Morgan fingerprint density at radius 1 is 0.925 bits per heavy atom. The fourth-order valence-corrected chi connectivity index (χ4v) is 5.63. The molecule has 53 heavy (non-hydrogen) atoms. The van der Waals surface area contributed by atoms with E-state index in [1.165, 1.54) is 4.90 Å². The molecular formula is C36H41F3N8O6. The molecule has 0 saturated heterocycles. The Hall–Kier alpha value is -5.71. The first-order valence-corrected chi connectivity index (χ1v) is 16.8. The number of imide groups is 1. The van der Waals surface area contributed by atoms with Gasteiger partial charge in [-0.25, -0.2) is 14.5 Å². The lowest BCUT2D eigenvalue weighted by atomic mass is 9.81. The zero-order chi connectivity index (χ0) is 38.8. The summed E-state index contributed by atoms with van der Waals surface area (Å²) in [7, 11) is 0. The van der Waals surface area contributed by atoms with Crippen LogP contribution in [0.2, 0.25) is 0 Å². The number of anilines is 1. The summed E-state index contributed by atoms with van der Waals surface area (Å²) in [5.41, 5.74) is 10.0. The van der Waals surface area contributed by atoms with Gasteiger partial charge >= 0.3 is 18.2 Å². The first kappa shape index (κ1) is 40.1. The maximum absolute atomic E-state index is 14.1. The van der Waals surface area contributed by atoms with Crippen LogP contribution in [0.5, 0.6) is 0 Å². The lowest BCUT2D eigenvalue weighted by molar-refractivity contribution is -0.192. The number of aromatic amines is 1. The van der Waals surface area contributed by atoms with E-state index >= 15 is 0 Å². The molecule has 1 aliphatic rings. The van der Waals surface area contributed by atoms with Gasteiger partial charge in [0.2, 0.25) is 11.7 Å². The molecular weight excluding hydrogens is 697 g/mol. The maximum Gasteiger partial charge on any atom is 0.490 e. The standard InChI is InChI=1S/C34H40N8O4.C2HF3O2/c1-34(2,3)46-33(45)37-21-23-6-10-27(11-7-23)31(43)42(28-14-12-26(13-15-28)30-38-40-41-39-30)32(44)29(35)20-22-4-8-24(9-5-22)25-16-18-36-19-17-25;3-2(4,5)1(6)7/h4-5,8-9,12-19,23,27,29H,6-7,10-11,20-21,35H2,1-3H3,(H,37,45)(H,38,39,40,41);(H,6,7)/t23-,27-,29-;/m0./s1. The van der Waals surface area contributed by atoms with Gasteiger partial charge in [-0.15, -0.1) is 10.2 Å². The lowest BCUT2D eigenvalue weighted by Gasteiger charge is -2.32. The number of carbonyl (C=O) groups excluding carboxylic acids is 3. The minimum atomic E-state index is -5.08. The molecule has 0 bridgehead atoms. The third-order valence-electron chi connectivity index (χ3n) is 8.28. The topological polar surface area (TPSA) is 206 Å². The van der Waals surface area contributed by atoms with Crippen molar-refractivity contribution < 1.29 is 42.2 Å². The second kappa shape index (κ2) is 17.7. The number of alkyl halides is 3. The number of nitrogens with zero attached hydrogens (tertiary/aromatic N) is 5. The fourth-order valence-electron chi connectivity index (χ4n) is 5.63. The highest BCUT2D eigenvalue weighted by atomic mass is 19.4. The van der Waals surface area contributed by atoms with Crippen molar-refractivity contribution in [1.29, 1.82) is 0 Å². The molecule has 0 unspecified atom stereocenters. The minimum Gasteiger partial charge on any atom is -0.475 e. The number of aromatic nitrogens is 5. The summed E-state index contributed by atoms with van der Waals surface area (Å²) in [5, 5.41) is 24.0. The van der Waals surface area contributed by atoms with Gasteiger partial charge in [0.1, 0.15) is 5.60 Å². The summed E-state index contributed by atoms with van der Waals surface area (Å²) in [5.74, 6) is -3.24. The maximum atomic E-state index is 14.1. The number of H-pyrrole nitrogens is 1. The predicted octanol–water partition coefficient (Wildman–Crippen LogP) is 5.32. The van der Waals surface area contributed by atoms with Crippen molar-refractivity contribution in [1.82, 2.24) is 30.9 Å². The highest BCUT2D eigenvalue weighted by Gasteiger charge is 2.38. The van der Waals surface area contributed by atoms with Crippen molar-refractivity contribution in [2.24, 2.45) is 17.6 Å². The smallest absolute Gasteiger partial charge is 0.475 e. The van der Waals surface area contributed by atoms with Crippen LogP contribution in [0, 0.1) is 11.8 Å². The fraction of sp³-hybridized carbons (Fsp3) is 0.389. The number of tetrazole rings is 1. The molecule has 0 spiro atoms. The number of aliphatic carboxylic acids is 1. The number of nitrogens with two attached hydrogens (primary N) is 1. The van der Waals surface area contributed by atoms with E-state index in [1.807, 2.05) is 57.2 Å². The Bertz CT molecular complexity index is 1810. The van der Waals surface area contributed by atoms with Gasteiger partial charge in [-0.2, -0.15) is 18.4 Å². The molecule has 3 amide bonds. The van der Waals surface area contributed by atoms with Gasteiger partial charge < -0.3 is 20.9 Å². The second-order valence-corrected chi connectivity index (χ2v) is 13.4. The van der Waals surface area contributed by atoms with E-state index in [1.54, 1.807) is 36.7 Å². The predicted molar refractivity (Wildman–Crippen MR) is 187 cm³/mol. The number of pyridine rings is 1. The van der Waals surface area contributed by atoms with Crippen LogP contribution < -0.4 is 16.0 Å². The first-order chi connectivity index (χ1) is 25.0. The molecule has 2 aromatic carbocycles. The van der Waals surface area contributed by atoms with E-state index in [2.05, 4.69) is 30.9 Å². The quantitative estimate of drug-likeness (QED) is 0.173. The minimum absolute atomic E-state index is 0.215. The molecule has 2 aromatic heterocycles. The van der Waals surface area contributed by atoms with Gasteiger partial charge in [0, 0.05) is 30.4 Å². The summed E-state index contributed by atoms with van der Waals surface area (Å²) < 4.78 is 37.1. The average molecular weight is 739 g/mol. The molecule has 282 valence electrons. The number of benzene rings is 2. The summed E-state index contributed by atoms with van der Waals surface area (Å²) in [6, 6.07) is 17.7. The Labute approximate surface area is 303 Å². The number of hydrogen-bond acceptors (Lipinski definition) is 10. The molecule has 1 fully saturated rings. The molecule has 1 atom stereocenters. The monoisotopic (exact) mass is 738 g/mol. The largest absolute Gasteiger partial charge is 0.490 e. The number of halogens is 3. The molecule has 17 heteroatoms. The van der Waals surface area contributed by atoms with E-state index in [-0.39, 0.29) is 24.2 Å². The lowest BCUT2D eigenvalue weighted by Crippen LogP contribution is -2.50. The molecule has 2 heterocycles. The molecule has 5 rings (SSSR count). The summed E-state index contributed by atoms with van der Waals surface area (Å²) in [4.78, 5) is 54.3. The van der Waals surface area contributed by atoms with E-state index in [9.17, 15) is 27.6 Å². The van der Waals surface area contributed by atoms with Crippen LogP contribution in [-0.4, -0.2) is 79.0 Å². The van der Waals surface area contributed by atoms with Gasteiger partial charge in [-0.3, -0.25) is 14.6 Å². The number of amides is 3.